The zero-order valence-corrected chi connectivity index (χ0v) is 14.1. The smallest absolute Gasteiger partial charge is 0.319 e. The Labute approximate surface area is 142 Å². The van der Waals surface area contributed by atoms with E-state index in [0.717, 1.165) is 24.6 Å². The van der Waals surface area contributed by atoms with Crippen molar-refractivity contribution in [2.75, 3.05) is 5.32 Å². The minimum atomic E-state index is -0.102. The van der Waals surface area contributed by atoms with E-state index in [1.165, 1.54) is 32.1 Å². The number of rotatable bonds is 3. The molecule has 124 valence electrons. The number of hydrogen-bond acceptors (Lipinski definition) is 2. The molecule has 3 fully saturated rings. The van der Waals surface area contributed by atoms with E-state index in [2.05, 4.69) is 15.5 Å². The molecule has 2 atom stereocenters. The van der Waals surface area contributed by atoms with Crippen molar-refractivity contribution < 1.29 is 4.79 Å². The molecular formula is C18H24ClN3O. The average Bonchev–Trinajstić information content (AvgIpc) is 3.33. The normalized spacial score (nSPS) is 30.7. The van der Waals surface area contributed by atoms with Crippen LogP contribution in [-0.2, 0) is 0 Å². The first-order valence-electron chi connectivity index (χ1n) is 8.79. The van der Waals surface area contributed by atoms with Gasteiger partial charge in [-0.15, -0.1) is 0 Å². The number of carbonyl (C=O) groups excluding carboxylic acids is 1. The van der Waals surface area contributed by atoms with Gasteiger partial charge in [-0.05, 0) is 62.8 Å². The number of anilines is 1. The summed E-state index contributed by atoms with van der Waals surface area (Å²) in [5.41, 5.74) is 0.780. The third-order valence-electron chi connectivity index (χ3n) is 5.44. The largest absolute Gasteiger partial charge is 0.335 e. The Bertz CT molecular complexity index is 558. The molecular weight excluding hydrogens is 310 g/mol. The third kappa shape index (κ3) is 3.48. The molecule has 2 amide bonds. The van der Waals surface area contributed by atoms with Crippen molar-refractivity contribution in [3.63, 3.8) is 0 Å². The summed E-state index contributed by atoms with van der Waals surface area (Å²) in [4.78, 5) is 15.0. The van der Waals surface area contributed by atoms with Gasteiger partial charge >= 0.3 is 6.03 Å². The number of nitrogens with one attached hydrogen (secondary N) is 2. The van der Waals surface area contributed by atoms with E-state index in [1.807, 2.05) is 12.1 Å². The second-order valence-corrected chi connectivity index (χ2v) is 7.63. The molecule has 1 saturated carbocycles. The maximum atomic E-state index is 12.2. The molecule has 0 radical (unpaired) electrons. The van der Waals surface area contributed by atoms with E-state index in [0.29, 0.717) is 23.1 Å². The first kappa shape index (κ1) is 15.3. The molecule has 2 N–H and O–H groups in total. The lowest BCUT2D eigenvalue weighted by Crippen LogP contribution is -2.58. The van der Waals surface area contributed by atoms with Crippen LogP contribution in [0.3, 0.4) is 0 Å². The van der Waals surface area contributed by atoms with Crippen molar-refractivity contribution in [1.29, 1.82) is 0 Å². The lowest BCUT2D eigenvalue weighted by atomic mass is 9.81. The first-order chi connectivity index (χ1) is 11.2. The lowest BCUT2D eigenvalue weighted by molar-refractivity contribution is 0.0198. The second-order valence-electron chi connectivity index (χ2n) is 7.19. The summed E-state index contributed by atoms with van der Waals surface area (Å²) in [5.74, 6) is 0. The molecule has 1 aliphatic carbocycles. The molecule has 2 saturated heterocycles. The van der Waals surface area contributed by atoms with Crippen molar-refractivity contribution in [2.45, 2.75) is 69.1 Å². The summed E-state index contributed by atoms with van der Waals surface area (Å²) in [6, 6.07) is 9.62. The van der Waals surface area contributed by atoms with Gasteiger partial charge in [0.2, 0.25) is 0 Å². The number of amides is 2. The predicted octanol–water partition coefficient (Wildman–Crippen LogP) is 4.01. The van der Waals surface area contributed by atoms with Crippen LogP contribution < -0.4 is 10.6 Å². The molecule has 5 heteroatoms. The molecule has 23 heavy (non-hydrogen) atoms. The van der Waals surface area contributed by atoms with Crippen LogP contribution in [0.1, 0.15) is 44.9 Å². The van der Waals surface area contributed by atoms with Crippen LogP contribution >= 0.6 is 11.6 Å². The molecule has 2 heterocycles. The van der Waals surface area contributed by atoms with Gasteiger partial charge in [0.1, 0.15) is 0 Å². The fourth-order valence-electron chi connectivity index (χ4n) is 4.39. The van der Waals surface area contributed by atoms with Crippen molar-refractivity contribution >= 4 is 23.3 Å². The van der Waals surface area contributed by atoms with Gasteiger partial charge in [-0.1, -0.05) is 18.0 Å². The maximum absolute atomic E-state index is 12.2. The zero-order valence-electron chi connectivity index (χ0n) is 13.3. The molecule has 0 spiro atoms. The van der Waals surface area contributed by atoms with Gasteiger partial charge in [-0.25, -0.2) is 4.79 Å². The van der Waals surface area contributed by atoms with Crippen LogP contribution in [0.4, 0.5) is 10.5 Å². The number of halogens is 1. The van der Waals surface area contributed by atoms with Crippen LogP contribution in [-0.4, -0.2) is 35.1 Å². The summed E-state index contributed by atoms with van der Waals surface area (Å²) >= 11 is 5.87. The highest BCUT2D eigenvalue weighted by Gasteiger charge is 2.45. The van der Waals surface area contributed by atoms with E-state index in [-0.39, 0.29) is 6.03 Å². The number of piperidine rings is 2. The molecule has 4 rings (SSSR count). The number of urea groups is 1. The minimum absolute atomic E-state index is 0.102. The van der Waals surface area contributed by atoms with Crippen LogP contribution in [0.15, 0.2) is 24.3 Å². The van der Waals surface area contributed by atoms with Gasteiger partial charge in [0, 0.05) is 34.9 Å². The lowest BCUT2D eigenvalue weighted by Gasteiger charge is -2.49. The number of fused-ring (bicyclic) bond motifs is 2. The quantitative estimate of drug-likeness (QED) is 0.877. The molecule has 4 nitrogen and oxygen atoms in total. The van der Waals surface area contributed by atoms with Gasteiger partial charge in [-0.2, -0.15) is 0 Å². The molecule has 1 aromatic carbocycles. The van der Waals surface area contributed by atoms with Crippen LogP contribution in [0.5, 0.6) is 0 Å². The van der Waals surface area contributed by atoms with Gasteiger partial charge in [-0.3, -0.25) is 4.90 Å². The highest BCUT2D eigenvalue weighted by atomic mass is 35.5. The van der Waals surface area contributed by atoms with Gasteiger partial charge in [0.15, 0.2) is 0 Å². The van der Waals surface area contributed by atoms with Gasteiger partial charge < -0.3 is 10.6 Å². The van der Waals surface area contributed by atoms with Crippen molar-refractivity contribution in [1.82, 2.24) is 10.2 Å². The van der Waals surface area contributed by atoms with E-state index in [9.17, 15) is 4.79 Å². The topological polar surface area (TPSA) is 44.4 Å². The van der Waals surface area contributed by atoms with Crippen LogP contribution in [0, 0.1) is 0 Å². The first-order valence-corrected chi connectivity index (χ1v) is 9.17. The number of carbonyl (C=O) groups is 1. The van der Waals surface area contributed by atoms with E-state index < -0.39 is 0 Å². The maximum Gasteiger partial charge on any atom is 0.319 e. The summed E-state index contributed by atoms with van der Waals surface area (Å²) in [5, 5.41) is 6.76. The van der Waals surface area contributed by atoms with E-state index in [1.54, 1.807) is 12.1 Å². The molecule has 0 unspecified atom stereocenters. The Balaban J connectivity index is 1.34. The Morgan fingerprint density at radius 3 is 2.26 bits per heavy atom. The Morgan fingerprint density at radius 2 is 1.65 bits per heavy atom. The van der Waals surface area contributed by atoms with Crippen LogP contribution in [0.25, 0.3) is 0 Å². The summed E-state index contributed by atoms with van der Waals surface area (Å²) in [6.07, 6.45) is 8.89. The van der Waals surface area contributed by atoms with E-state index >= 15 is 0 Å². The van der Waals surface area contributed by atoms with Crippen molar-refractivity contribution in [3.8, 4) is 0 Å². The van der Waals surface area contributed by atoms with Gasteiger partial charge in [0.05, 0.1) is 0 Å². The summed E-state index contributed by atoms with van der Waals surface area (Å²) < 4.78 is 0. The number of hydrogen-bond donors (Lipinski definition) is 2. The van der Waals surface area contributed by atoms with E-state index in [4.69, 9.17) is 11.6 Å². The Hall–Kier alpha value is -1.26. The highest BCUT2D eigenvalue weighted by Crippen LogP contribution is 2.41. The Morgan fingerprint density at radius 1 is 1.00 bits per heavy atom. The van der Waals surface area contributed by atoms with Gasteiger partial charge in [0.25, 0.3) is 0 Å². The minimum Gasteiger partial charge on any atom is -0.335 e. The molecule has 0 aromatic heterocycles. The predicted molar refractivity (Wildman–Crippen MR) is 92.9 cm³/mol. The zero-order chi connectivity index (χ0) is 15.8. The highest BCUT2D eigenvalue weighted by molar-refractivity contribution is 6.30. The fraction of sp³-hybridized carbons (Fsp3) is 0.611. The van der Waals surface area contributed by atoms with Crippen molar-refractivity contribution in [2.24, 2.45) is 0 Å². The molecule has 3 aliphatic rings. The van der Waals surface area contributed by atoms with Crippen molar-refractivity contribution in [3.05, 3.63) is 29.3 Å². The SMILES string of the molecule is O=C(Nc1ccc(Cl)cc1)NC1C[C@@H]2CCC[C@@H](C1)N2C1CC1. The number of benzene rings is 1. The molecule has 2 bridgehead atoms. The fourth-order valence-corrected chi connectivity index (χ4v) is 4.52. The Kier molecular flexibility index (Phi) is 4.20. The summed E-state index contributed by atoms with van der Waals surface area (Å²) in [6.45, 7) is 0. The third-order valence-corrected chi connectivity index (χ3v) is 5.69. The number of nitrogens with zero attached hydrogens (tertiary/aromatic N) is 1. The average molecular weight is 334 g/mol. The van der Waals surface area contributed by atoms with Crippen LogP contribution in [0.2, 0.25) is 5.02 Å². The second kappa shape index (κ2) is 6.33. The molecule has 2 aliphatic heterocycles. The summed E-state index contributed by atoms with van der Waals surface area (Å²) in [7, 11) is 0. The monoisotopic (exact) mass is 333 g/mol. The standard InChI is InChI=1S/C18H24ClN3O/c19-12-4-6-13(7-5-12)20-18(23)21-14-10-16-2-1-3-17(11-14)22(16)15-8-9-15/h4-7,14-17H,1-3,8-11H2,(H2,20,21,23)/t16-,17-/m0/s1. The molecule has 1 aromatic rings.